The van der Waals surface area contributed by atoms with Crippen molar-refractivity contribution >= 4 is 38.5 Å². The lowest BCUT2D eigenvalue weighted by Crippen LogP contribution is -2.18. The lowest BCUT2D eigenvalue weighted by molar-refractivity contribution is 0.922. The van der Waals surface area contributed by atoms with Crippen molar-refractivity contribution in [1.82, 2.24) is 19.5 Å². The minimum absolute atomic E-state index is 0.0491. The summed E-state index contributed by atoms with van der Waals surface area (Å²) in [6.45, 7) is 4.14. The van der Waals surface area contributed by atoms with E-state index in [0.717, 1.165) is 51.7 Å². The number of hydrogen-bond donors (Lipinski definition) is 1. The van der Waals surface area contributed by atoms with Gasteiger partial charge in [-0.1, -0.05) is 29.8 Å². The largest absolute Gasteiger partial charge is 0.342 e. The van der Waals surface area contributed by atoms with Gasteiger partial charge in [0.05, 0.1) is 22.2 Å². The van der Waals surface area contributed by atoms with Gasteiger partial charge in [0.1, 0.15) is 11.0 Å². The first kappa shape index (κ1) is 18.3. The number of nitrogens with one attached hydrogen (secondary N) is 1. The maximum Gasteiger partial charge on any atom is 0.275 e. The van der Waals surface area contributed by atoms with E-state index in [4.69, 9.17) is 4.98 Å². The van der Waals surface area contributed by atoms with E-state index >= 15 is 0 Å². The van der Waals surface area contributed by atoms with Crippen LogP contribution in [0.2, 0.25) is 0 Å². The van der Waals surface area contributed by atoms with E-state index in [9.17, 15) is 4.79 Å². The lowest BCUT2D eigenvalue weighted by Gasteiger charge is -2.12. The molecule has 5 aromatic rings. The summed E-state index contributed by atoms with van der Waals surface area (Å²) in [4.78, 5) is 29.3. The molecule has 0 aliphatic carbocycles. The van der Waals surface area contributed by atoms with Gasteiger partial charge in [-0.3, -0.25) is 9.36 Å². The van der Waals surface area contributed by atoms with Crippen LogP contribution in [0.25, 0.3) is 37.4 Å². The molecule has 3 aromatic heterocycles. The first-order valence-electron chi connectivity index (χ1n) is 10.5. The van der Waals surface area contributed by atoms with Crippen LogP contribution in [-0.2, 0) is 0 Å². The molecular formula is C24H21N5OS. The van der Waals surface area contributed by atoms with Crippen LogP contribution in [-0.4, -0.2) is 32.6 Å². The monoisotopic (exact) mass is 427 g/mol. The number of anilines is 1. The van der Waals surface area contributed by atoms with E-state index in [1.54, 1.807) is 10.9 Å². The zero-order valence-electron chi connectivity index (χ0n) is 17.1. The van der Waals surface area contributed by atoms with Crippen molar-refractivity contribution in [1.29, 1.82) is 0 Å². The molecule has 0 spiro atoms. The van der Waals surface area contributed by atoms with Gasteiger partial charge in [-0.2, -0.15) is 0 Å². The number of fused-ring (bicyclic) bond motifs is 2. The summed E-state index contributed by atoms with van der Waals surface area (Å²) in [7, 11) is 0. The van der Waals surface area contributed by atoms with Crippen LogP contribution >= 0.6 is 11.3 Å². The van der Waals surface area contributed by atoms with E-state index in [2.05, 4.69) is 46.1 Å². The normalized spacial score (nSPS) is 14.2. The number of aromatic nitrogens is 4. The second kappa shape index (κ2) is 7.06. The molecule has 6 nitrogen and oxygen atoms in total. The Labute approximate surface area is 182 Å². The van der Waals surface area contributed by atoms with Gasteiger partial charge in [-0.05, 0) is 49.6 Å². The van der Waals surface area contributed by atoms with E-state index in [1.807, 2.05) is 24.3 Å². The highest BCUT2D eigenvalue weighted by molar-refractivity contribution is 7.22. The van der Waals surface area contributed by atoms with Crippen LogP contribution in [0.4, 0.5) is 5.95 Å². The number of aryl methyl sites for hydroxylation is 1. The first-order valence-corrected chi connectivity index (χ1v) is 11.3. The van der Waals surface area contributed by atoms with Gasteiger partial charge < -0.3 is 9.88 Å². The fourth-order valence-electron chi connectivity index (χ4n) is 4.17. The van der Waals surface area contributed by atoms with Gasteiger partial charge in [0.2, 0.25) is 5.95 Å². The second-order valence-corrected chi connectivity index (χ2v) is 9.12. The number of imidazole rings is 1. The van der Waals surface area contributed by atoms with Crippen molar-refractivity contribution in [2.75, 3.05) is 18.0 Å². The highest BCUT2D eigenvalue weighted by atomic mass is 32.1. The molecule has 0 atom stereocenters. The number of benzene rings is 2. The summed E-state index contributed by atoms with van der Waals surface area (Å²) in [5.41, 5.74) is 5.63. The van der Waals surface area contributed by atoms with Crippen molar-refractivity contribution in [3.8, 4) is 16.1 Å². The Kier molecular flexibility index (Phi) is 4.17. The summed E-state index contributed by atoms with van der Waals surface area (Å²) in [5, 5.41) is 0. The van der Waals surface area contributed by atoms with Crippen LogP contribution in [0.3, 0.4) is 0 Å². The van der Waals surface area contributed by atoms with Crippen molar-refractivity contribution in [3.05, 3.63) is 70.8 Å². The van der Waals surface area contributed by atoms with E-state index in [1.165, 1.54) is 29.7 Å². The minimum Gasteiger partial charge on any atom is -0.342 e. The summed E-state index contributed by atoms with van der Waals surface area (Å²) < 4.78 is 2.29. The minimum atomic E-state index is -0.0491. The highest BCUT2D eigenvalue weighted by Gasteiger charge is 2.17. The van der Waals surface area contributed by atoms with Gasteiger partial charge in [0.15, 0.2) is 0 Å². The maximum absolute atomic E-state index is 13.3. The molecule has 0 amide bonds. The molecule has 0 bridgehead atoms. The molecule has 6 rings (SSSR count). The molecule has 1 aliphatic heterocycles. The molecule has 0 saturated carbocycles. The third-order valence-corrected chi connectivity index (χ3v) is 7.07. The molecule has 0 radical (unpaired) electrons. The molecule has 154 valence electrons. The second-order valence-electron chi connectivity index (χ2n) is 8.07. The Morgan fingerprint density at radius 2 is 1.81 bits per heavy atom. The standard InChI is InChI=1S/C24H21N5OS/c1-15-4-6-16(7-5-15)21-13-20-22(31-21)23(30)29(14-25-20)17-8-9-18-19(12-17)27-24(26-18)28-10-2-3-11-28/h4-9,12-14H,2-3,10-11H2,1H3,(H,26,27). The van der Waals surface area contributed by atoms with E-state index in [-0.39, 0.29) is 5.56 Å². The fourth-order valence-corrected chi connectivity index (χ4v) is 5.22. The smallest absolute Gasteiger partial charge is 0.275 e. The average molecular weight is 428 g/mol. The topological polar surface area (TPSA) is 66.8 Å². The quantitative estimate of drug-likeness (QED) is 0.445. The number of rotatable bonds is 3. The Morgan fingerprint density at radius 1 is 1.00 bits per heavy atom. The maximum atomic E-state index is 13.3. The van der Waals surface area contributed by atoms with Crippen LogP contribution in [0.1, 0.15) is 18.4 Å². The molecule has 7 heteroatoms. The molecule has 1 saturated heterocycles. The van der Waals surface area contributed by atoms with Gasteiger partial charge in [0.25, 0.3) is 5.56 Å². The van der Waals surface area contributed by atoms with Gasteiger partial charge >= 0.3 is 0 Å². The Bertz CT molecular complexity index is 1470. The molecule has 31 heavy (non-hydrogen) atoms. The van der Waals surface area contributed by atoms with Crippen LogP contribution < -0.4 is 10.5 Å². The molecule has 1 fully saturated rings. The zero-order chi connectivity index (χ0) is 20.9. The Hall–Kier alpha value is -3.45. The van der Waals surface area contributed by atoms with Gasteiger partial charge in [-0.25, -0.2) is 9.97 Å². The summed E-state index contributed by atoms with van der Waals surface area (Å²) >= 11 is 1.49. The molecule has 0 unspecified atom stereocenters. The molecule has 4 heterocycles. The number of aromatic amines is 1. The zero-order valence-corrected chi connectivity index (χ0v) is 17.9. The third kappa shape index (κ3) is 3.13. The number of thiophene rings is 1. The average Bonchev–Trinajstić information content (AvgIpc) is 3.52. The predicted molar refractivity (Wildman–Crippen MR) is 126 cm³/mol. The van der Waals surface area contributed by atoms with Crippen molar-refractivity contribution in [3.63, 3.8) is 0 Å². The number of hydrogen-bond acceptors (Lipinski definition) is 5. The SMILES string of the molecule is Cc1ccc(-c2cc3ncn(-c4ccc5nc(N6CCCC6)[nH]c5c4)c(=O)c3s2)cc1. The van der Waals surface area contributed by atoms with E-state index < -0.39 is 0 Å². The number of nitrogens with zero attached hydrogens (tertiary/aromatic N) is 4. The van der Waals surface area contributed by atoms with Gasteiger partial charge in [0, 0.05) is 18.0 Å². The number of H-pyrrole nitrogens is 1. The van der Waals surface area contributed by atoms with Crippen LogP contribution in [0.5, 0.6) is 0 Å². The first-order chi connectivity index (χ1) is 15.2. The van der Waals surface area contributed by atoms with E-state index in [0.29, 0.717) is 4.70 Å². The van der Waals surface area contributed by atoms with Gasteiger partial charge in [-0.15, -0.1) is 11.3 Å². The third-order valence-electron chi connectivity index (χ3n) is 5.91. The lowest BCUT2D eigenvalue weighted by atomic mass is 10.1. The summed E-state index contributed by atoms with van der Waals surface area (Å²) in [6, 6.07) is 16.2. The fraction of sp³-hybridized carbons (Fsp3) is 0.208. The van der Waals surface area contributed by atoms with Crippen molar-refractivity contribution < 1.29 is 0 Å². The summed E-state index contributed by atoms with van der Waals surface area (Å²) in [6.07, 6.45) is 4.03. The molecular weight excluding hydrogens is 406 g/mol. The van der Waals surface area contributed by atoms with Crippen molar-refractivity contribution in [2.45, 2.75) is 19.8 Å². The molecule has 2 aromatic carbocycles. The molecule has 1 N–H and O–H groups in total. The van der Waals surface area contributed by atoms with Crippen LogP contribution in [0.15, 0.2) is 59.7 Å². The predicted octanol–water partition coefficient (Wildman–Crippen LogP) is 4.90. The van der Waals surface area contributed by atoms with Crippen LogP contribution in [0, 0.1) is 6.92 Å². The summed E-state index contributed by atoms with van der Waals surface area (Å²) in [5.74, 6) is 0.909. The Balaban J connectivity index is 1.42. The molecule has 1 aliphatic rings. The Morgan fingerprint density at radius 3 is 2.61 bits per heavy atom. The highest BCUT2D eigenvalue weighted by Crippen LogP contribution is 2.31. The van der Waals surface area contributed by atoms with Crippen molar-refractivity contribution in [2.24, 2.45) is 0 Å².